The first kappa shape index (κ1) is 22.4. The number of rotatable bonds is 4. The normalized spacial score (nSPS) is 11.5. The van der Waals surface area contributed by atoms with Gasteiger partial charge < -0.3 is 11.1 Å². The van der Waals surface area contributed by atoms with Gasteiger partial charge in [-0.25, -0.2) is 9.97 Å². The van der Waals surface area contributed by atoms with Crippen LogP contribution in [0.4, 0.5) is 11.5 Å². The van der Waals surface area contributed by atoms with E-state index in [2.05, 4.69) is 37.5 Å². The molecule has 0 spiro atoms. The fourth-order valence-electron chi connectivity index (χ4n) is 4.50. The van der Waals surface area contributed by atoms with Crippen LogP contribution >= 0.6 is 22.9 Å². The number of nitrogens with two attached hydrogens (primary N) is 1. The number of amides is 1. The molecule has 4 heterocycles. The first-order chi connectivity index (χ1) is 17.4. The van der Waals surface area contributed by atoms with E-state index >= 15 is 0 Å². The number of thiophene rings is 1. The van der Waals surface area contributed by atoms with Gasteiger partial charge in [0, 0.05) is 41.2 Å². The third kappa shape index (κ3) is 3.64. The lowest BCUT2D eigenvalue weighted by Crippen LogP contribution is -2.13. The summed E-state index contributed by atoms with van der Waals surface area (Å²) < 4.78 is 2.48. The molecule has 4 aromatic heterocycles. The Morgan fingerprint density at radius 1 is 1.11 bits per heavy atom. The summed E-state index contributed by atoms with van der Waals surface area (Å²) in [4.78, 5) is 26.2. The molecule has 0 aliphatic heterocycles. The summed E-state index contributed by atoms with van der Waals surface area (Å²) in [6.45, 7) is 1.97. The summed E-state index contributed by atoms with van der Waals surface area (Å²) in [5.41, 5.74) is 11.6. The van der Waals surface area contributed by atoms with Crippen LogP contribution in [-0.4, -0.2) is 30.6 Å². The number of nitrogen functional groups attached to an aromatic ring is 1. The van der Waals surface area contributed by atoms with Crippen molar-refractivity contribution in [1.82, 2.24) is 24.7 Å². The largest absolute Gasteiger partial charge is 0.382 e. The predicted molar refractivity (Wildman–Crippen MR) is 145 cm³/mol. The highest BCUT2D eigenvalue weighted by Gasteiger charge is 2.18. The summed E-state index contributed by atoms with van der Waals surface area (Å²) in [6.07, 6.45) is 3.77. The fraction of sp³-hybridized carbons (Fsp3) is 0.115. The molecule has 0 saturated heterocycles. The third-order valence-electron chi connectivity index (χ3n) is 6.34. The van der Waals surface area contributed by atoms with Crippen molar-refractivity contribution >= 4 is 72.2 Å². The van der Waals surface area contributed by atoms with Gasteiger partial charge in [-0.15, -0.1) is 11.3 Å². The van der Waals surface area contributed by atoms with Crippen LogP contribution in [0.1, 0.15) is 27.2 Å². The monoisotopic (exact) mass is 513 g/mol. The highest BCUT2D eigenvalue weighted by atomic mass is 35.5. The van der Waals surface area contributed by atoms with Crippen LogP contribution in [-0.2, 0) is 13.5 Å². The standard InChI is InChI=1S/C26H20ClN7OS/c1-13-3-5-15-16(21(13)32-26(35)18-11-36-23-22(18)30-12-31-25(23)28)7-8-29-19(15)9-14-4-6-17-20(10-14)34(2)33-24(17)27/h3-8,10-12H,9H2,1-2H3,(H,32,35)(H2,28,30,31). The van der Waals surface area contributed by atoms with Gasteiger partial charge in [0.25, 0.3) is 5.91 Å². The molecule has 0 radical (unpaired) electrons. The number of benzene rings is 2. The maximum Gasteiger partial charge on any atom is 0.258 e. The number of fused-ring (bicyclic) bond motifs is 3. The number of carbonyl (C=O) groups is 1. The number of aromatic nitrogens is 5. The number of anilines is 2. The van der Waals surface area contributed by atoms with Crippen molar-refractivity contribution in [3.8, 4) is 0 Å². The maximum absolute atomic E-state index is 13.3. The second kappa shape index (κ2) is 8.54. The van der Waals surface area contributed by atoms with Crippen LogP contribution in [0.5, 0.6) is 0 Å². The first-order valence-electron chi connectivity index (χ1n) is 11.2. The first-order valence-corrected chi connectivity index (χ1v) is 12.4. The molecule has 1 amide bonds. The van der Waals surface area contributed by atoms with Gasteiger partial charge in [0.1, 0.15) is 12.1 Å². The minimum absolute atomic E-state index is 0.244. The fourth-order valence-corrected chi connectivity index (χ4v) is 5.68. The van der Waals surface area contributed by atoms with Gasteiger partial charge in [0.2, 0.25) is 0 Å². The number of nitrogens with one attached hydrogen (secondary N) is 1. The van der Waals surface area contributed by atoms with Crippen molar-refractivity contribution < 1.29 is 4.79 Å². The summed E-state index contributed by atoms with van der Waals surface area (Å²) in [7, 11) is 1.88. The van der Waals surface area contributed by atoms with Crippen molar-refractivity contribution in [3.63, 3.8) is 0 Å². The Morgan fingerprint density at radius 3 is 2.81 bits per heavy atom. The third-order valence-corrected chi connectivity index (χ3v) is 7.61. The van der Waals surface area contributed by atoms with E-state index in [0.717, 1.165) is 44.2 Å². The zero-order chi connectivity index (χ0) is 25.0. The van der Waals surface area contributed by atoms with Crippen LogP contribution < -0.4 is 11.1 Å². The van der Waals surface area contributed by atoms with E-state index in [1.807, 2.05) is 38.2 Å². The number of carbonyl (C=O) groups excluding carboxylic acids is 1. The SMILES string of the molecule is Cc1ccc2c(Cc3ccc4c(Cl)nn(C)c4c3)nccc2c1NC(=O)c1csc2c(N)ncnc12. The molecule has 0 aliphatic carbocycles. The zero-order valence-electron chi connectivity index (χ0n) is 19.4. The topological polar surface area (TPSA) is 112 Å². The molecular formula is C26H20ClN7OS. The molecule has 2 aromatic carbocycles. The van der Waals surface area contributed by atoms with E-state index in [0.29, 0.717) is 33.2 Å². The molecule has 178 valence electrons. The number of aryl methyl sites for hydroxylation is 2. The van der Waals surface area contributed by atoms with Gasteiger partial charge >= 0.3 is 0 Å². The smallest absolute Gasteiger partial charge is 0.258 e. The van der Waals surface area contributed by atoms with E-state index in [-0.39, 0.29) is 5.91 Å². The highest BCUT2D eigenvalue weighted by molar-refractivity contribution is 7.18. The maximum atomic E-state index is 13.3. The van der Waals surface area contributed by atoms with Gasteiger partial charge in [-0.2, -0.15) is 5.10 Å². The molecule has 3 N–H and O–H groups in total. The number of nitrogens with zero attached hydrogens (tertiary/aromatic N) is 5. The van der Waals surface area contributed by atoms with Crippen LogP contribution in [0.25, 0.3) is 31.9 Å². The van der Waals surface area contributed by atoms with Crippen molar-refractivity contribution in [2.24, 2.45) is 7.05 Å². The highest BCUT2D eigenvalue weighted by Crippen LogP contribution is 2.33. The van der Waals surface area contributed by atoms with Crippen molar-refractivity contribution in [1.29, 1.82) is 0 Å². The lowest BCUT2D eigenvalue weighted by atomic mass is 9.99. The van der Waals surface area contributed by atoms with Gasteiger partial charge in [-0.05, 0) is 36.2 Å². The lowest BCUT2D eigenvalue weighted by molar-refractivity contribution is 0.102. The zero-order valence-corrected chi connectivity index (χ0v) is 21.0. The van der Waals surface area contributed by atoms with Crippen molar-refractivity contribution in [2.75, 3.05) is 11.1 Å². The van der Waals surface area contributed by atoms with Crippen LogP contribution in [0.2, 0.25) is 5.15 Å². The second-order valence-corrected chi connectivity index (χ2v) is 9.83. The lowest BCUT2D eigenvalue weighted by Gasteiger charge is -2.14. The molecule has 6 aromatic rings. The molecule has 6 rings (SSSR count). The Balaban J connectivity index is 1.38. The number of hydrogen-bond donors (Lipinski definition) is 2. The Bertz CT molecular complexity index is 1820. The van der Waals surface area contributed by atoms with Gasteiger partial charge in [0.15, 0.2) is 5.15 Å². The van der Waals surface area contributed by atoms with Gasteiger partial charge in [-0.1, -0.05) is 29.8 Å². The average molecular weight is 514 g/mol. The Kier molecular flexibility index (Phi) is 5.31. The molecular weight excluding hydrogens is 494 g/mol. The summed E-state index contributed by atoms with van der Waals surface area (Å²) in [5, 5.41) is 12.5. The van der Waals surface area contributed by atoms with Crippen molar-refractivity contribution in [3.05, 3.63) is 81.8 Å². The number of halogens is 1. The van der Waals surface area contributed by atoms with Crippen LogP contribution in [0.3, 0.4) is 0 Å². The minimum Gasteiger partial charge on any atom is -0.382 e. The average Bonchev–Trinajstić information content (AvgIpc) is 3.42. The van der Waals surface area contributed by atoms with E-state index in [4.69, 9.17) is 17.3 Å². The molecule has 0 unspecified atom stereocenters. The van der Waals surface area contributed by atoms with E-state index in [1.165, 1.54) is 17.7 Å². The van der Waals surface area contributed by atoms with Crippen LogP contribution in [0.15, 0.2) is 54.3 Å². The summed E-state index contributed by atoms with van der Waals surface area (Å²) >= 11 is 7.59. The number of hydrogen-bond acceptors (Lipinski definition) is 7. The molecule has 10 heteroatoms. The summed E-state index contributed by atoms with van der Waals surface area (Å²) in [5.74, 6) is 0.125. The molecule has 0 saturated carbocycles. The van der Waals surface area contributed by atoms with Gasteiger partial charge in [0.05, 0.1) is 32.7 Å². The predicted octanol–water partition coefficient (Wildman–Crippen LogP) is 5.51. The van der Waals surface area contributed by atoms with E-state index < -0.39 is 0 Å². The number of pyridine rings is 1. The molecule has 0 fully saturated rings. The van der Waals surface area contributed by atoms with Crippen LogP contribution in [0, 0.1) is 6.92 Å². The molecule has 0 atom stereocenters. The molecule has 36 heavy (non-hydrogen) atoms. The Morgan fingerprint density at radius 2 is 1.94 bits per heavy atom. The Hall–Kier alpha value is -4.08. The molecule has 0 aliphatic rings. The van der Waals surface area contributed by atoms with Crippen molar-refractivity contribution in [2.45, 2.75) is 13.3 Å². The van der Waals surface area contributed by atoms with E-state index in [1.54, 1.807) is 16.3 Å². The van der Waals surface area contributed by atoms with Gasteiger partial charge in [-0.3, -0.25) is 14.5 Å². The molecule has 0 bridgehead atoms. The van der Waals surface area contributed by atoms with E-state index in [9.17, 15) is 4.79 Å². The summed E-state index contributed by atoms with van der Waals surface area (Å²) in [6, 6.07) is 12.1. The Labute approximate surface area is 214 Å². The second-order valence-electron chi connectivity index (χ2n) is 8.59. The quantitative estimate of drug-likeness (QED) is 0.321. The molecule has 8 nitrogen and oxygen atoms in total. The minimum atomic E-state index is -0.244.